The Kier molecular flexibility index (Phi) is 3.80. The monoisotopic (exact) mass is 350 g/mol. The van der Waals surface area contributed by atoms with Gasteiger partial charge in [0.15, 0.2) is 5.78 Å². The number of halogens is 1. The summed E-state index contributed by atoms with van der Waals surface area (Å²) in [6.45, 7) is 7.09. The second kappa shape index (κ2) is 5.33. The molecule has 134 valence electrons. The molecule has 0 heterocycles. The van der Waals surface area contributed by atoms with Gasteiger partial charge in [-0.25, -0.2) is 0 Å². The van der Waals surface area contributed by atoms with Crippen LogP contribution in [0.15, 0.2) is 11.6 Å². The van der Waals surface area contributed by atoms with Crippen molar-refractivity contribution < 1.29 is 9.90 Å². The smallest absolute Gasteiger partial charge is 0.155 e. The van der Waals surface area contributed by atoms with Crippen LogP contribution in [0.4, 0.5) is 0 Å². The lowest BCUT2D eigenvalue weighted by Gasteiger charge is -2.62. The number of hydrogen-bond donors (Lipinski definition) is 1. The summed E-state index contributed by atoms with van der Waals surface area (Å²) in [5, 5.41) is 11.4. The molecule has 4 aliphatic carbocycles. The zero-order valence-corrected chi connectivity index (χ0v) is 16.0. The van der Waals surface area contributed by atoms with Crippen molar-refractivity contribution in [2.45, 2.75) is 71.3 Å². The Morgan fingerprint density at radius 1 is 1.25 bits per heavy atom. The first-order valence-corrected chi connectivity index (χ1v) is 10.3. The molecular weight excluding hydrogens is 320 g/mol. The van der Waals surface area contributed by atoms with Gasteiger partial charge in [-0.2, -0.15) is 0 Å². The lowest BCUT2D eigenvalue weighted by Crippen LogP contribution is -2.59. The Hall–Kier alpha value is -0.340. The Morgan fingerprint density at radius 2 is 2.00 bits per heavy atom. The van der Waals surface area contributed by atoms with E-state index in [0.717, 1.165) is 32.1 Å². The third kappa shape index (κ3) is 1.91. The molecule has 0 amide bonds. The van der Waals surface area contributed by atoms with E-state index in [0.29, 0.717) is 35.3 Å². The molecule has 3 heteroatoms. The van der Waals surface area contributed by atoms with Crippen LogP contribution in [0.25, 0.3) is 0 Å². The Labute approximate surface area is 151 Å². The van der Waals surface area contributed by atoms with Gasteiger partial charge in [-0.1, -0.05) is 26.3 Å². The number of carbonyl (C=O) groups excluding carboxylic acids is 1. The van der Waals surface area contributed by atoms with Crippen LogP contribution in [0.1, 0.15) is 65.7 Å². The van der Waals surface area contributed by atoms with E-state index in [9.17, 15) is 9.90 Å². The number of fused-ring (bicyclic) bond motifs is 5. The standard InChI is InChI=1S/C21H31ClO2/c1-13-11-21(24,12-22)19(2)9-8-17-16-6-5-15(23)10-14(16)4-7-18(17)20(13,19)3/h10,13,16-18,24H,4-9,11-12H2,1-3H3/t13-,16?,17?,18?,19?,20?,21-/m1/s1. The summed E-state index contributed by atoms with van der Waals surface area (Å²) in [7, 11) is 0. The Morgan fingerprint density at radius 3 is 2.71 bits per heavy atom. The van der Waals surface area contributed by atoms with Gasteiger partial charge in [-0.05, 0) is 73.7 Å². The van der Waals surface area contributed by atoms with Crippen molar-refractivity contribution in [1.82, 2.24) is 0 Å². The maximum Gasteiger partial charge on any atom is 0.155 e. The highest BCUT2D eigenvalue weighted by Gasteiger charge is 2.70. The normalized spacial score (nSPS) is 53.9. The average Bonchev–Trinajstić information content (AvgIpc) is 2.72. The molecule has 0 aliphatic heterocycles. The van der Waals surface area contributed by atoms with Crippen molar-refractivity contribution >= 4 is 17.4 Å². The third-order valence-corrected chi connectivity index (χ3v) is 9.60. The van der Waals surface area contributed by atoms with Gasteiger partial charge in [-0.3, -0.25) is 4.79 Å². The SMILES string of the molecule is C[C@@H]1C[C@@](O)(CCl)C2(C)CCC3C4CCC(=O)C=C4CCC3C12C. The third-order valence-electron chi connectivity index (χ3n) is 9.15. The van der Waals surface area contributed by atoms with Gasteiger partial charge in [-0.15, -0.1) is 11.6 Å². The first-order chi connectivity index (χ1) is 11.3. The van der Waals surface area contributed by atoms with Crippen molar-refractivity contribution in [3.05, 3.63) is 11.6 Å². The number of aliphatic hydroxyl groups is 1. The fourth-order valence-corrected chi connectivity index (χ4v) is 7.91. The van der Waals surface area contributed by atoms with Gasteiger partial charge < -0.3 is 5.11 Å². The molecule has 0 aromatic carbocycles. The quantitative estimate of drug-likeness (QED) is 0.694. The molecule has 3 saturated carbocycles. The molecule has 4 aliphatic rings. The summed E-state index contributed by atoms with van der Waals surface area (Å²) in [6.07, 6.45) is 9.07. The molecule has 4 rings (SSSR count). The predicted octanol–water partition coefficient (Wildman–Crippen LogP) is 4.73. The Balaban J connectivity index is 1.74. The summed E-state index contributed by atoms with van der Waals surface area (Å²) in [5.41, 5.74) is 0.755. The first-order valence-electron chi connectivity index (χ1n) is 9.78. The molecule has 7 atom stereocenters. The lowest BCUT2D eigenvalue weighted by molar-refractivity contribution is -0.157. The van der Waals surface area contributed by atoms with Crippen LogP contribution in [-0.4, -0.2) is 22.4 Å². The molecule has 0 aromatic rings. The van der Waals surface area contributed by atoms with E-state index in [-0.39, 0.29) is 10.8 Å². The molecule has 0 saturated heterocycles. The second-order valence-electron chi connectivity index (χ2n) is 9.56. The van der Waals surface area contributed by atoms with Crippen molar-refractivity contribution in [1.29, 1.82) is 0 Å². The predicted molar refractivity (Wildman–Crippen MR) is 96.9 cm³/mol. The van der Waals surface area contributed by atoms with Gasteiger partial charge in [0.1, 0.15) is 0 Å². The first kappa shape index (κ1) is 17.1. The van der Waals surface area contributed by atoms with Crippen LogP contribution in [0.3, 0.4) is 0 Å². The maximum atomic E-state index is 11.8. The van der Waals surface area contributed by atoms with Crippen molar-refractivity contribution in [3.63, 3.8) is 0 Å². The minimum atomic E-state index is -0.730. The van der Waals surface area contributed by atoms with E-state index < -0.39 is 5.60 Å². The minimum Gasteiger partial charge on any atom is -0.388 e. The van der Waals surface area contributed by atoms with Crippen LogP contribution in [0.2, 0.25) is 0 Å². The number of hydrogen-bond acceptors (Lipinski definition) is 2. The molecule has 0 aromatic heterocycles. The molecule has 0 bridgehead atoms. The summed E-state index contributed by atoms with van der Waals surface area (Å²) >= 11 is 6.29. The van der Waals surface area contributed by atoms with Gasteiger partial charge in [0.2, 0.25) is 0 Å². The topological polar surface area (TPSA) is 37.3 Å². The molecule has 0 spiro atoms. The summed E-state index contributed by atoms with van der Waals surface area (Å²) in [4.78, 5) is 11.8. The van der Waals surface area contributed by atoms with Gasteiger partial charge in [0, 0.05) is 11.8 Å². The number of ketones is 1. The maximum absolute atomic E-state index is 11.8. The van der Waals surface area contributed by atoms with Crippen molar-refractivity contribution in [2.24, 2.45) is 34.5 Å². The largest absolute Gasteiger partial charge is 0.388 e. The van der Waals surface area contributed by atoms with Crippen LogP contribution in [-0.2, 0) is 4.79 Å². The number of alkyl halides is 1. The molecule has 1 N–H and O–H groups in total. The van der Waals surface area contributed by atoms with Crippen LogP contribution in [0, 0.1) is 34.5 Å². The second-order valence-corrected chi connectivity index (χ2v) is 9.83. The van der Waals surface area contributed by atoms with Crippen molar-refractivity contribution in [2.75, 3.05) is 5.88 Å². The number of carbonyl (C=O) groups is 1. The fraction of sp³-hybridized carbons (Fsp3) is 0.857. The molecular formula is C21H31ClO2. The molecule has 0 radical (unpaired) electrons. The minimum absolute atomic E-state index is 0.0892. The summed E-state index contributed by atoms with van der Waals surface area (Å²) < 4.78 is 0. The number of rotatable bonds is 1. The average molecular weight is 351 g/mol. The molecule has 24 heavy (non-hydrogen) atoms. The Bertz CT molecular complexity index is 599. The summed E-state index contributed by atoms with van der Waals surface area (Å²) in [5.74, 6) is 3.13. The highest BCUT2D eigenvalue weighted by molar-refractivity contribution is 6.18. The van der Waals surface area contributed by atoms with E-state index in [2.05, 4.69) is 20.8 Å². The number of allylic oxidation sites excluding steroid dienone is 1. The lowest BCUT2D eigenvalue weighted by atomic mass is 9.43. The van der Waals surface area contributed by atoms with Crippen LogP contribution >= 0.6 is 11.6 Å². The van der Waals surface area contributed by atoms with Crippen molar-refractivity contribution in [3.8, 4) is 0 Å². The van der Waals surface area contributed by atoms with Crippen LogP contribution < -0.4 is 0 Å². The van der Waals surface area contributed by atoms with Gasteiger partial charge >= 0.3 is 0 Å². The van der Waals surface area contributed by atoms with E-state index in [4.69, 9.17) is 11.6 Å². The molecule has 3 fully saturated rings. The highest BCUT2D eigenvalue weighted by atomic mass is 35.5. The fourth-order valence-electron chi connectivity index (χ4n) is 7.50. The highest BCUT2D eigenvalue weighted by Crippen LogP contribution is 2.73. The van der Waals surface area contributed by atoms with E-state index in [1.807, 2.05) is 6.08 Å². The zero-order chi connectivity index (χ0) is 17.3. The molecule has 5 unspecified atom stereocenters. The zero-order valence-electron chi connectivity index (χ0n) is 15.3. The molecule has 2 nitrogen and oxygen atoms in total. The van der Waals surface area contributed by atoms with Gasteiger partial charge in [0.05, 0.1) is 11.5 Å². The van der Waals surface area contributed by atoms with Crippen LogP contribution in [0.5, 0.6) is 0 Å². The van der Waals surface area contributed by atoms with E-state index >= 15 is 0 Å². The summed E-state index contributed by atoms with van der Waals surface area (Å²) in [6, 6.07) is 0. The van der Waals surface area contributed by atoms with E-state index in [1.165, 1.54) is 18.4 Å². The van der Waals surface area contributed by atoms with Gasteiger partial charge in [0.25, 0.3) is 0 Å². The van der Waals surface area contributed by atoms with E-state index in [1.54, 1.807) is 0 Å².